The Morgan fingerprint density at radius 3 is 2.24 bits per heavy atom. The maximum absolute atomic E-state index is 12.4. The molecule has 1 aliphatic rings. The summed E-state index contributed by atoms with van der Waals surface area (Å²) in [5.41, 5.74) is 0.769. The van der Waals surface area contributed by atoms with E-state index in [2.05, 4.69) is 25.2 Å². The molecule has 1 saturated carbocycles. The molecule has 0 heterocycles. The standard InChI is InChI=1S/C23H27N3O3/c1-16(2)19-9-7-18(8-10-19)13-20(14-24)22(28)29-17(3)21(27)26-23(15-25)11-5-4-6-12-23/h7-10,13,16-17H,4-6,11-12H2,1-3H3,(H,26,27)/b20-13+/t17-/m1/s1. The van der Waals surface area contributed by atoms with Crippen molar-refractivity contribution in [3.8, 4) is 12.1 Å². The van der Waals surface area contributed by atoms with Crippen molar-refractivity contribution in [2.75, 3.05) is 0 Å². The van der Waals surface area contributed by atoms with Crippen molar-refractivity contribution < 1.29 is 14.3 Å². The number of hydrogen-bond acceptors (Lipinski definition) is 5. The van der Waals surface area contributed by atoms with Gasteiger partial charge >= 0.3 is 5.97 Å². The normalized spacial score (nSPS) is 17.0. The highest BCUT2D eigenvalue weighted by atomic mass is 16.5. The number of rotatable bonds is 6. The molecule has 152 valence electrons. The third-order valence-corrected chi connectivity index (χ3v) is 5.19. The van der Waals surface area contributed by atoms with Crippen molar-refractivity contribution in [1.29, 1.82) is 10.5 Å². The number of esters is 1. The number of carbonyl (C=O) groups excluding carboxylic acids is 2. The summed E-state index contributed by atoms with van der Waals surface area (Å²) in [5.74, 6) is -1.01. The number of nitrogens with one attached hydrogen (secondary N) is 1. The Balaban J connectivity index is 2.03. The van der Waals surface area contributed by atoms with Crippen LogP contribution in [0, 0.1) is 22.7 Å². The number of ether oxygens (including phenoxy) is 1. The summed E-state index contributed by atoms with van der Waals surface area (Å²) in [5, 5.41) is 21.5. The molecule has 0 spiro atoms. The Bertz CT molecular complexity index is 851. The van der Waals surface area contributed by atoms with Crippen molar-refractivity contribution in [3.63, 3.8) is 0 Å². The molecular formula is C23H27N3O3. The van der Waals surface area contributed by atoms with Crippen molar-refractivity contribution in [3.05, 3.63) is 41.0 Å². The van der Waals surface area contributed by atoms with Crippen molar-refractivity contribution in [2.24, 2.45) is 0 Å². The molecule has 1 aliphatic carbocycles. The Hall–Kier alpha value is -3.12. The van der Waals surface area contributed by atoms with E-state index in [4.69, 9.17) is 4.74 Å². The number of nitrogens with zero attached hydrogens (tertiary/aromatic N) is 2. The first kappa shape index (κ1) is 22.2. The SMILES string of the molecule is CC(C)c1ccc(/C=C(\C#N)C(=O)O[C@H](C)C(=O)NC2(C#N)CCCCC2)cc1. The lowest BCUT2D eigenvalue weighted by Gasteiger charge is -2.32. The molecule has 2 rings (SSSR count). The number of benzene rings is 1. The van der Waals surface area contributed by atoms with Crippen LogP contribution >= 0.6 is 0 Å². The van der Waals surface area contributed by atoms with E-state index in [-0.39, 0.29) is 5.57 Å². The molecule has 1 N–H and O–H groups in total. The first-order valence-corrected chi connectivity index (χ1v) is 9.96. The molecule has 1 aromatic rings. The van der Waals surface area contributed by atoms with Gasteiger partial charge in [0, 0.05) is 0 Å². The summed E-state index contributed by atoms with van der Waals surface area (Å²) >= 11 is 0. The molecule has 0 unspecified atom stereocenters. The maximum Gasteiger partial charge on any atom is 0.349 e. The lowest BCUT2D eigenvalue weighted by atomic mass is 9.83. The fraction of sp³-hybridized carbons (Fsp3) is 0.478. The van der Waals surface area contributed by atoms with Crippen LogP contribution in [0.2, 0.25) is 0 Å². The Morgan fingerprint density at radius 2 is 1.72 bits per heavy atom. The largest absolute Gasteiger partial charge is 0.448 e. The van der Waals surface area contributed by atoms with Gasteiger partial charge in [-0.05, 0) is 42.9 Å². The molecule has 1 aromatic carbocycles. The van der Waals surface area contributed by atoms with Crippen molar-refractivity contribution >= 4 is 18.0 Å². The van der Waals surface area contributed by atoms with Crippen molar-refractivity contribution in [2.45, 2.75) is 70.4 Å². The van der Waals surface area contributed by atoms with Gasteiger partial charge in [0.15, 0.2) is 6.10 Å². The predicted octanol–water partition coefficient (Wildman–Crippen LogP) is 3.99. The van der Waals surface area contributed by atoms with E-state index >= 15 is 0 Å². The van der Waals surface area contributed by atoms with E-state index in [1.54, 1.807) is 0 Å². The molecule has 1 amide bonds. The average Bonchev–Trinajstić information content (AvgIpc) is 2.72. The zero-order chi connectivity index (χ0) is 21.4. The van der Waals surface area contributed by atoms with Gasteiger partial charge < -0.3 is 10.1 Å². The second kappa shape index (κ2) is 9.89. The zero-order valence-corrected chi connectivity index (χ0v) is 17.2. The highest BCUT2D eigenvalue weighted by molar-refractivity contribution is 5.99. The summed E-state index contributed by atoms with van der Waals surface area (Å²) in [7, 11) is 0. The van der Waals surface area contributed by atoms with Crippen LogP contribution in [0.15, 0.2) is 29.8 Å². The fourth-order valence-corrected chi connectivity index (χ4v) is 3.32. The molecule has 1 atom stereocenters. The minimum atomic E-state index is -1.10. The summed E-state index contributed by atoms with van der Waals surface area (Å²) < 4.78 is 5.18. The quantitative estimate of drug-likeness (QED) is 0.447. The van der Waals surface area contributed by atoms with E-state index in [0.717, 1.165) is 24.8 Å². The smallest absolute Gasteiger partial charge is 0.349 e. The molecule has 1 fully saturated rings. The van der Waals surface area contributed by atoms with E-state index in [1.807, 2.05) is 30.3 Å². The molecule has 0 radical (unpaired) electrons. The molecule has 0 bridgehead atoms. The first-order chi connectivity index (χ1) is 13.8. The highest BCUT2D eigenvalue weighted by Crippen LogP contribution is 2.27. The number of amides is 1. The number of carbonyl (C=O) groups is 2. The van der Waals surface area contributed by atoms with Crippen LogP contribution < -0.4 is 5.32 Å². The molecule has 0 aliphatic heterocycles. The second-order valence-electron chi connectivity index (χ2n) is 7.78. The van der Waals surface area contributed by atoms with Gasteiger partial charge in [-0.2, -0.15) is 10.5 Å². The van der Waals surface area contributed by atoms with E-state index in [9.17, 15) is 20.1 Å². The van der Waals surface area contributed by atoms with Gasteiger partial charge in [-0.1, -0.05) is 57.4 Å². The topological polar surface area (TPSA) is 103 Å². The van der Waals surface area contributed by atoms with Crippen LogP contribution in [-0.4, -0.2) is 23.5 Å². The van der Waals surface area contributed by atoms with Gasteiger partial charge in [-0.15, -0.1) is 0 Å². The van der Waals surface area contributed by atoms with Gasteiger partial charge in [0.25, 0.3) is 5.91 Å². The van der Waals surface area contributed by atoms with Crippen LogP contribution in [0.3, 0.4) is 0 Å². The molecule has 6 heteroatoms. The Kier molecular flexibility index (Phi) is 7.56. The van der Waals surface area contributed by atoms with Crippen LogP contribution in [0.25, 0.3) is 6.08 Å². The lowest BCUT2D eigenvalue weighted by Crippen LogP contribution is -2.52. The van der Waals surface area contributed by atoms with Gasteiger partial charge in [-0.3, -0.25) is 4.79 Å². The molecule has 0 aromatic heterocycles. The third kappa shape index (κ3) is 5.93. The molecule has 0 saturated heterocycles. The van der Waals surface area contributed by atoms with Gasteiger partial charge in [0.1, 0.15) is 17.2 Å². The highest BCUT2D eigenvalue weighted by Gasteiger charge is 2.35. The Labute approximate surface area is 172 Å². The Morgan fingerprint density at radius 1 is 1.10 bits per heavy atom. The van der Waals surface area contributed by atoms with Gasteiger partial charge in [0.2, 0.25) is 0 Å². The fourth-order valence-electron chi connectivity index (χ4n) is 3.32. The maximum atomic E-state index is 12.4. The first-order valence-electron chi connectivity index (χ1n) is 9.96. The minimum absolute atomic E-state index is 0.186. The number of hydrogen-bond donors (Lipinski definition) is 1. The summed E-state index contributed by atoms with van der Waals surface area (Å²) in [6, 6.07) is 11.6. The van der Waals surface area contributed by atoms with Crippen LogP contribution in [0.5, 0.6) is 0 Å². The molecule has 6 nitrogen and oxygen atoms in total. The predicted molar refractivity (Wildman–Crippen MR) is 109 cm³/mol. The van der Waals surface area contributed by atoms with E-state index in [1.165, 1.54) is 13.0 Å². The monoisotopic (exact) mass is 393 g/mol. The molecular weight excluding hydrogens is 366 g/mol. The van der Waals surface area contributed by atoms with Crippen LogP contribution in [-0.2, 0) is 14.3 Å². The summed E-state index contributed by atoms with van der Waals surface area (Å²) in [4.78, 5) is 24.8. The minimum Gasteiger partial charge on any atom is -0.448 e. The van der Waals surface area contributed by atoms with Gasteiger partial charge in [-0.25, -0.2) is 4.79 Å². The molecule has 29 heavy (non-hydrogen) atoms. The van der Waals surface area contributed by atoms with Gasteiger partial charge in [0.05, 0.1) is 6.07 Å². The number of nitriles is 2. The lowest BCUT2D eigenvalue weighted by molar-refractivity contribution is -0.151. The van der Waals surface area contributed by atoms with E-state index < -0.39 is 23.5 Å². The third-order valence-electron chi connectivity index (χ3n) is 5.19. The zero-order valence-electron chi connectivity index (χ0n) is 17.2. The summed E-state index contributed by atoms with van der Waals surface area (Å²) in [6.45, 7) is 5.60. The summed E-state index contributed by atoms with van der Waals surface area (Å²) in [6.07, 6.45) is 4.30. The van der Waals surface area contributed by atoms with Crippen LogP contribution in [0.4, 0.5) is 0 Å². The van der Waals surface area contributed by atoms with Crippen molar-refractivity contribution in [1.82, 2.24) is 5.32 Å². The van der Waals surface area contributed by atoms with E-state index in [0.29, 0.717) is 24.3 Å². The second-order valence-corrected chi connectivity index (χ2v) is 7.78. The van der Waals surface area contributed by atoms with Crippen LogP contribution in [0.1, 0.15) is 69.9 Å². The average molecular weight is 393 g/mol.